The Bertz CT molecular complexity index is 543. The summed E-state index contributed by atoms with van der Waals surface area (Å²) >= 11 is 0. The molecule has 0 aromatic heterocycles. The van der Waals surface area contributed by atoms with Gasteiger partial charge in [0.1, 0.15) is 0 Å². The lowest BCUT2D eigenvalue weighted by molar-refractivity contribution is -0.164. The molecule has 0 N–H and O–H groups in total. The molecule has 27 heavy (non-hydrogen) atoms. The van der Waals surface area contributed by atoms with E-state index >= 15 is 0 Å². The molecule has 1 aliphatic rings. The van der Waals surface area contributed by atoms with Gasteiger partial charge in [0, 0.05) is 5.92 Å². The van der Waals surface area contributed by atoms with Crippen molar-refractivity contribution in [3.05, 3.63) is 24.8 Å². The molecule has 0 aromatic carbocycles. The third-order valence-corrected chi connectivity index (χ3v) is 10.1. The highest BCUT2D eigenvalue weighted by Crippen LogP contribution is 2.41. The largest absolute Gasteiger partial charge is 0.465 e. The fourth-order valence-corrected chi connectivity index (χ4v) is 4.34. The Balaban J connectivity index is 2.94. The van der Waals surface area contributed by atoms with Gasteiger partial charge in [-0.05, 0) is 44.3 Å². The average Bonchev–Trinajstić information content (AvgIpc) is 2.98. The fourth-order valence-electron chi connectivity index (χ4n) is 3.05. The van der Waals surface area contributed by atoms with Gasteiger partial charge in [0.15, 0.2) is 14.2 Å². The van der Waals surface area contributed by atoms with E-state index in [1.165, 1.54) is 0 Å². The molecule has 5 nitrogen and oxygen atoms in total. The summed E-state index contributed by atoms with van der Waals surface area (Å²) in [7, 11) is -1.90. The van der Waals surface area contributed by atoms with Gasteiger partial charge in [-0.3, -0.25) is 9.59 Å². The van der Waals surface area contributed by atoms with Crippen LogP contribution in [0.3, 0.4) is 0 Å². The summed E-state index contributed by atoms with van der Waals surface area (Å²) in [6.07, 6.45) is 6.47. The molecule has 6 heteroatoms. The van der Waals surface area contributed by atoms with Crippen molar-refractivity contribution >= 4 is 20.3 Å². The van der Waals surface area contributed by atoms with Crippen LogP contribution in [0.5, 0.6) is 0 Å². The number of esters is 2. The number of ether oxygens (including phenoxy) is 2. The average molecular weight is 397 g/mol. The van der Waals surface area contributed by atoms with Gasteiger partial charge in [-0.1, -0.05) is 39.0 Å². The van der Waals surface area contributed by atoms with Crippen LogP contribution in [0.25, 0.3) is 0 Å². The van der Waals surface area contributed by atoms with Crippen molar-refractivity contribution < 1.29 is 23.5 Å². The Kier molecular flexibility index (Phi) is 8.48. The maximum atomic E-state index is 12.4. The second-order valence-corrected chi connectivity index (χ2v) is 13.3. The van der Waals surface area contributed by atoms with E-state index in [0.29, 0.717) is 0 Å². The highest BCUT2D eigenvalue weighted by molar-refractivity contribution is 6.74. The van der Waals surface area contributed by atoms with Crippen LogP contribution in [0.1, 0.15) is 41.0 Å². The lowest BCUT2D eigenvalue weighted by Crippen LogP contribution is -2.43. The number of carbonyl (C=O) groups is 2. The first-order valence-electron chi connectivity index (χ1n) is 9.80. The van der Waals surface area contributed by atoms with Crippen molar-refractivity contribution in [3.63, 3.8) is 0 Å². The number of rotatable bonds is 9. The topological polar surface area (TPSA) is 61.8 Å². The van der Waals surface area contributed by atoms with Gasteiger partial charge in [0.25, 0.3) is 0 Å². The molecule has 0 fully saturated rings. The predicted molar refractivity (Wildman–Crippen MR) is 110 cm³/mol. The first-order chi connectivity index (χ1) is 12.5. The van der Waals surface area contributed by atoms with Gasteiger partial charge in [-0.25, -0.2) is 0 Å². The summed E-state index contributed by atoms with van der Waals surface area (Å²) < 4.78 is 16.7. The first-order valence-corrected chi connectivity index (χ1v) is 12.7. The zero-order chi connectivity index (χ0) is 20.8. The smallest absolute Gasteiger partial charge is 0.320 e. The van der Waals surface area contributed by atoms with Crippen LogP contribution in [0.2, 0.25) is 18.1 Å². The van der Waals surface area contributed by atoms with Crippen LogP contribution >= 0.6 is 0 Å². The van der Waals surface area contributed by atoms with E-state index in [9.17, 15) is 9.59 Å². The molecule has 0 amide bonds. The molecule has 0 saturated carbocycles. The first kappa shape index (κ1) is 23.6. The SMILES string of the molecule is C=CC(C1C=CC(O[Si](C)(C)C(C)(C)C)C1)C(C(=O)OCC)C(=O)OCC. The lowest BCUT2D eigenvalue weighted by atomic mass is 9.81. The Morgan fingerprint density at radius 3 is 2.07 bits per heavy atom. The molecule has 154 valence electrons. The Hall–Kier alpha value is -1.40. The quantitative estimate of drug-likeness (QED) is 0.249. The minimum Gasteiger partial charge on any atom is -0.465 e. The maximum Gasteiger partial charge on any atom is 0.320 e. The number of hydrogen-bond acceptors (Lipinski definition) is 5. The van der Waals surface area contributed by atoms with Gasteiger partial charge in [-0.15, -0.1) is 6.58 Å². The normalized spacial score (nSPS) is 21.2. The van der Waals surface area contributed by atoms with Crippen molar-refractivity contribution in [1.29, 1.82) is 0 Å². The molecule has 0 spiro atoms. The number of hydrogen-bond donors (Lipinski definition) is 0. The van der Waals surface area contributed by atoms with E-state index in [1.807, 2.05) is 6.08 Å². The van der Waals surface area contributed by atoms with E-state index in [-0.39, 0.29) is 36.2 Å². The van der Waals surface area contributed by atoms with Crippen LogP contribution in [0, 0.1) is 17.8 Å². The van der Waals surface area contributed by atoms with Crippen LogP contribution in [-0.4, -0.2) is 39.6 Å². The van der Waals surface area contributed by atoms with Gasteiger partial charge >= 0.3 is 11.9 Å². The van der Waals surface area contributed by atoms with Crippen molar-refractivity contribution in [2.24, 2.45) is 17.8 Å². The number of allylic oxidation sites excluding steroid dienone is 2. The van der Waals surface area contributed by atoms with Crippen LogP contribution in [0.4, 0.5) is 0 Å². The Morgan fingerprint density at radius 1 is 1.15 bits per heavy atom. The van der Waals surface area contributed by atoms with Crippen molar-refractivity contribution in [3.8, 4) is 0 Å². The van der Waals surface area contributed by atoms with E-state index in [2.05, 4.69) is 46.5 Å². The van der Waals surface area contributed by atoms with Crippen LogP contribution in [0.15, 0.2) is 24.8 Å². The molecule has 1 rings (SSSR count). The minimum absolute atomic E-state index is 0.0108. The summed E-state index contributed by atoms with van der Waals surface area (Å²) in [5.41, 5.74) is 0. The third kappa shape index (κ3) is 6.04. The Morgan fingerprint density at radius 2 is 1.67 bits per heavy atom. The summed E-state index contributed by atoms with van der Waals surface area (Å²) in [6.45, 7) is 18.8. The molecule has 0 bridgehead atoms. The Labute approximate surface area is 165 Å². The van der Waals surface area contributed by atoms with Crippen LogP contribution in [-0.2, 0) is 23.5 Å². The molecule has 1 aliphatic carbocycles. The van der Waals surface area contributed by atoms with E-state index in [4.69, 9.17) is 13.9 Å². The third-order valence-electron chi connectivity index (χ3n) is 5.56. The van der Waals surface area contributed by atoms with E-state index < -0.39 is 26.2 Å². The molecular formula is C21H36O5Si. The number of carbonyl (C=O) groups excluding carboxylic acids is 2. The molecule has 0 aromatic rings. The molecule has 0 aliphatic heterocycles. The van der Waals surface area contributed by atoms with Crippen molar-refractivity contribution in [2.75, 3.05) is 13.2 Å². The molecular weight excluding hydrogens is 360 g/mol. The molecule has 0 saturated heterocycles. The second-order valence-electron chi connectivity index (χ2n) is 8.50. The van der Waals surface area contributed by atoms with Gasteiger partial charge in [0.2, 0.25) is 0 Å². The summed E-state index contributed by atoms with van der Waals surface area (Å²) in [5, 5.41) is 0.120. The van der Waals surface area contributed by atoms with Crippen molar-refractivity contribution in [1.82, 2.24) is 0 Å². The van der Waals surface area contributed by atoms with E-state index in [0.717, 1.165) is 6.42 Å². The maximum absolute atomic E-state index is 12.4. The minimum atomic E-state index is -1.90. The van der Waals surface area contributed by atoms with E-state index in [1.54, 1.807) is 19.9 Å². The van der Waals surface area contributed by atoms with Gasteiger partial charge in [-0.2, -0.15) is 0 Å². The highest BCUT2D eigenvalue weighted by Gasteiger charge is 2.43. The molecule has 0 heterocycles. The van der Waals surface area contributed by atoms with Crippen LogP contribution < -0.4 is 0 Å². The predicted octanol–water partition coefficient (Wildman–Crippen LogP) is 4.50. The van der Waals surface area contributed by atoms with Gasteiger partial charge < -0.3 is 13.9 Å². The molecule has 3 atom stereocenters. The fraction of sp³-hybridized carbons (Fsp3) is 0.714. The zero-order valence-electron chi connectivity index (χ0n) is 17.9. The second kappa shape index (κ2) is 9.69. The highest BCUT2D eigenvalue weighted by atomic mass is 28.4. The standard InChI is InChI=1S/C21H36O5Si/c1-9-17(18(19(22)24-10-2)20(23)25-11-3)15-12-13-16(14-15)26-27(7,8)21(4,5)6/h9,12-13,15-18H,1,10-11,14H2,2-8H3. The zero-order valence-corrected chi connectivity index (χ0v) is 18.9. The van der Waals surface area contributed by atoms with Gasteiger partial charge in [0.05, 0.1) is 19.3 Å². The lowest BCUT2D eigenvalue weighted by Gasteiger charge is -2.38. The molecule has 0 radical (unpaired) electrons. The van der Waals surface area contributed by atoms with Crippen molar-refractivity contribution in [2.45, 2.75) is 65.3 Å². The molecule has 3 unspecified atom stereocenters. The monoisotopic (exact) mass is 396 g/mol. The summed E-state index contributed by atoms with van der Waals surface area (Å²) in [5.74, 6) is -2.50. The summed E-state index contributed by atoms with van der Waals surface area (Å²) in [6, 6.07) is 0. The summed E-state index contributed by atoms with van der Waals surface area (Å²) in [4.78, 5) is 24.9.